The number of hydrogen-bond acceptors (Lipinski definition) is 2. The zero-order valence-corrected chi connectivity index (χ0v) is 13.1. The highest BCUT2D eigenvalue weighted by Gasteiger charge is 2.53. The van der Waals surface area contributed by atoms with E-state index in [1.54, 1.807) is 0 Å². The van der Waals surface area contributed by atoms with Crippen LogP contribution in [0.25, 0.3) is 0 Å². The van der Waals surface area contributed by atoms with Gasteiger partial charge in [-0.2, -0.15) is 11.8 Å². The fourth-order valence-electron chi connectivity index (χ4n) is 3.31. The first-order valence-electron chi connectivity index (χ1n) is 7.74. The lowest BCUT2D eigenvalue weighted by atomic mass is 10.0. The first kappa shape index (κ1) is 13.6. The molecule has 1 atom stereocenters. The van der Waals surface area contributed by atoms with Crippen molar-refractivity contribution in [3.8, 4) is 0 Å². The average molecular weight is 281 g/mol. The molecule has 19 heavy (non-hydrogen) atoms. The van der Waals surface area contributed by atoms with Gasteiger partial charge in [0, 0.05) is 24.9 Å². The van der Waals surface area contributed by atoms with Crippen molar-refractivity contribution >= 4 is 17.7 Å². The van der Waals surface area contributed by atoms with Crippen molar-refractivity contribution in [2.24, 2.45) is 16.3 Å². The van der Waals surface area contributed by atoms with Gasteiger partial charge >= 0.3 is 0 Å². The van der Waals surface area contributed by atoms with E-state index in [-0.39, 0.29) is 0 Å². The Morgan fingerprint density at radius 1 is 1.21 bits per heavy atom. The molecular weight excluding hydrogens is 254 g/mol. The second-order valence-electron chi connectivity index (χ2n) is 6.82. The molecule has 1 unspecified atom stereocenters. The summed E-state index contributed by atoms with van der Waals surface area (Å²) in [7, 11) is 1.89. The highest BCUT2D eigenvalue weighted by molar-refractivity contribution is 8.00. The smallest absolute Gasteiger partial charge is 0.191 e. The molecule has 108 valence electrons. The van der Waals surface area contributed by atoms with Crippen LogP contribution >= 0.6 is 11.8 Å². The van der Waals surface area contributed by atoms with Gasteiger partial charge in [0.2, 0.25) is 0 Å². The third-order valence-electron chi connectivity index (χ3n) is 5.10. The summed E-state index contributed by atoms with van der Waals surface area (Å²) in [4.78, 5) is 4.38. The molecule has 0 spiro atoms. The molecule has 3 nitrogen and oxygen atoms in total. The maximum Gasteiger partial charge on any atom is 0.191 e. The van der Waals surface area contributed by atoms with Gasteiger partial charge in [0.25, 0.3) is 0 Å². The van der Waals surface area contributed by atoms with Gasteiger partial charge in [0.05, 0.1) is 0 Å². The Balaban J connectivity index is 1.43. The Hall–Kier alpha value is -0.380. The van der Waals surface area contributed by atoms with E-state index in [4.69, 9.17) is 0 Å². The minimum Gasteiger partial charge on any atom is -0.356 e. The van der Waals surface area contributed by atoms with Crippen LogP contribution in [0, 0.1) is 11.3 Å². The fraction of sp³-hybridized carbons (Fsp3) is 0.933. The van der Waals surface area contributed by atoms with E-state index in [1.807, 2.05) is 7.05 Å². The van der Waals surface area contributed by atoms with Gasteiger partial charge < -0.3 is 10.6 Å². The third kappa shape index (κ3) is 3.21. The number of guanidine groups is 1. The van der Waals surface area contributed by atoms with Crippen molar-refractivity contribution in [1.29, 1.82) is 0 Å². The molecule has 3 aliphatic rings. The van der Waals surface area contributed by atoms with Gasteiger partial charge in [-0.3, -0.25) is 4.99 Å². The van der Waals surface area contributed by atoms with Crippen LogP contribution in [0.4, 0.5) is 0 Å². The topological polar surface area (TPSA) is 36.4 Å². The van der Waals surface area contributed by atoms with Gasteiger partial charge in [-0.05, 0) is 62.5 Å². The number of thioether (sulfide) groups is 1. The van der Waals surface area contributed by atoms with Gasteiger partial charge in [0.1, 0.15) is 0 Å². The molecule has 0 amide bonds. The normalized spacial score (nSPS) is 33.3. The Morgan fingerprint density at radius 3 is 2.47 bits per heavy atom. The standard InChI is InChI=1S/C15H27N3S/c1-14(6-3-9-19-14)10-17-13(16-2)18-11-15(7-8-15)12-4-5-12/h12H,3-11H2,1-2H3,(H2,16,17,18). The van der Waals surface area contributed by atoms with Crippen molar-refractivity contribution in [2.75, 3.05) is 25.9 Å². The summed E-state index contributed by atoms with van der Waals surface area (Å²) in [6.07, 6.45) is 8.46. The minimum atomic E-state index is 0.408. The highest BCUT2D eigenvalue weighted by Crippen LogP contribution is 2.60. The summed E-state index contributed by atoms with van der Waals surface area (Å²) in [6, 6.07) is 0. The summed E-state index contributed by atoms with van der Waals surface area (Å²) in [6.45, 7) is 4.53. The largest absolute Gasteiger partial charge is 0.356 e. The molecule has 2 aliphatic carbocycles. The van der Waals surface area contributed by atoms with E-state index < -0.39 is 0 Å². The Morgan fingerprint density at radius 2 is 1.95 bits per heavy atom. The molecule has 0 aromatic carbocycles. The lowest BCUT2D eigenvalue weighted by Crippen LogP contribution is -2.45. The second kappa shape index (κ2) is 5.19. The van der Waals surface area contributed by atoms with Crippen LogP contribution in [0.1, 0.15) is 45.4 Å². The van der Waals surface area contributed by atoms with Crippen molar-refractivity contribution in [3.63, 3.8) is 0 Å². The van der Waals surface area contributed by atoms with E-state index >= 15 is 0 Å². The van der Waals surface area contributed by atoms with Crippen LogP contribution in [0.3, 0.4) is 0 Å². The van der Waals surface area contributed by atoms with Crippen LogP contribution in [-0.4, -0.2) is 36.6 Å². The predicted molar refractivity (Wildman–Crippen MR) is 83.9 cm³/mol. The number of rotatable bonds is 5. The van der Waals surface area contributed by atoms with Gasteiger partial charge in [-0.1, -0.05) is 0 Å². The van der Waals surface area contributed by atoms with Crippen LogP contribution < -0.4 is 10.6 Å². The average Bonchev–Trinajstić information content (AvgIpc) is 3.30. The van der Waals surface area contributed by atoms with Gasteiger partial charge in [-0.25, -0.2) is 0 Å². The molecule has 0 radical (unpaired) electrons. The van der Waals surface area contributed by atoms with Crippen LogP contribution in [0.15, 0.2) is 4.99 Å². The molecule has 4 heteroatoms. The van der Waals surface area contributed by atoms with Gasteiger partial charge in [0.15, 0.2) is 5.96 Å². The van der Waals surface area contributed by atoms with Crippen molar-refractivity contribution in [3.05, 3.63) is 0 Å². The van der Waals surface area contributed by atoms with E-state index in [0.29, 0.717) is 10.2 Å². The monoisotopic (exact) mass is 281 g/mol. The molecule has 1 heterocycles. The molecule has 0 aromatic rings. The summed E-state index contributed by atoms with van der Waals surface area (Å²) in [5.41, 5.74) is 0.642. The molecule has 1 aliphatic heterocycles. The lowest BCUT2D eigenvalue weighted by molar-refractivity contribution is 0.430. The van der Waals surface area contributed by atoms with E-state index in [1.165, 1.54) is 44.3 Å². The van der Waals surface area contributed by atoms with Gasteiger partial charge in [-0.15, -0.1) is 0 Å². The molecule has 1 saturated heterocycles. The Bertz CT molecular complexity index is 344. The Kier molecular flexibility index (Phi) is 3.71. The van der Waals surface area contributed by atoms with E-state index in [9.17, 15) is 0 Å². The summed E-state index contributed by atoms with van der Waals surface area (Å²) in [5.74, 6) is 3.33. The van der Waals surface area contributed by atoms with E-state index in [0.717, 1.165) is 25.0 Å². The third-order valence-corrected chi connectivity index (χ3v) is 6.64. The molecular formula is C15H27N3S. The SMILES string of the molecule is CN=C(NCC1(C)CCCS1)NCC1(C2CC2)CC1. The molecule has 3 fully saturated rings. The molecule has 2 N–H and O–H groups in total. The molecule has 0 aromatic heterocycles. The van der Waals surface area contributed by atoms with Crippen LogP contribution in [-0.2, 0) is 0 Å². The predicted octanol–water partition coefficient (Wildman–Crippen LogP) is 2.63. The van der Waals surface area contributed by atoms with Crippen molar-refractivity contribution in [1.82, 2.24) is 10.6 Å². The number of nitrogens with zero attached hydrogens (tertiary/aromatic N) is 1. The molecule has 0 bridgehead atoms. The zero-order chi connectivity index (χ0) is 13.3. The summed E-state index contributed by atoms with van der Waals surface area (Å²) in [5, 5.41) is 7.09. The van der Waals surface area contributed by atoms with Crippen LogP contribution in [0.2, 0.25) is 0 Å². The van der Waals surface area contributed by atoms with Crippen molar-refractivity contribution < 1.29 is 0 Å². The highest BCUT2D eigenvalue weighted by atomic mass is 32.2. The Labute approximate surface area is 121 Å². The molecule has 3 rings (SSSR count). The lowest BCUT2D eigenvalue weighted by Gasteiger charge is -2.25. The number of aliphatic imine (C=N–C) groups is 1. The number of nitrogens with one attached hydrogen (secondary N) is 2. The van der Waals surface area contributed by atoms with E-state index in [2.05, 4.69) is 34.3 Å². The minimum absolute atomic E-state index is 0.408. The van der Waals surface area contributed by atoms with Crippen LogP contribution in [0.5, 0.6) is 0 Å². The fourth-order valence-corrected chi connectivity index (χ4v) is 4.56. The first-order valence-corrected chi connectivity index (χ1v) is 8.73. The molecule has 2 saturated carbocycles. The summed E-state index contributed by atoms with van der Waals surface area (Å²) < 4.78 is 0.408. The van der Waals surface area contributed by atoms with Crippen molar-refractivity contribution in [2.45, 2.75) is 50.2 Å². The quantitative estimate of drug-likeness (QED) is 0.601. The first-order chi connectivity index (χ1) is 9.16. The maximum absolute atomic E-state index is 4.38. The summed E-state index contributed by atoms with van der Waals surface area (Å²) >= 11 is 2.10. The second-order valence-corrected chi connectivity index (χ2v) is 8.50. The maximum atomic E-state index is 4.38. The number of hydrogen-bond donors (Lipinski definition) is 2. The zero-order valence-electron chi connectivity index (χ0n) is 12.3.